The minimum absolute atomic E-state index is 0.0823. The second-order valence-corrected chi connectivity index (χ2v) is 4.84. The van der Waals surface area contributed by atoms with Gasteiger partial charge in [-0.3, -0.25) is 0 Å². The predicted octanol–water partition coefficient (Wildman–Crippen LogP) is 0.400. The fourth-order valence-corrected chi connectivity index (χ4v) is 1.39. The summed E-state index contributed by atoms with van der Waals surface area (Å²) in [4.78, 5) is 0. The molecule has 6 nitrogen and oxygen atoms in total. The molecule has 0 atom stereocenters. The molecule has 0 aliphatic heterocycles. The van der Waals surface area contributed by atoms with Crippen molar-refractivity contribution in [3.05, 3.63) is 0 Å². The van der Waals surface area contributed by atoms with E-state index >= 15 is 0 Å². The van der Waals surface area contributed by atoms with Gasteiger partial charge in [-0.05, 0) is 0 Å². The van der Waals surface area contributed by atoms with Crippen molar-refractivity contribution in [3.63, 3.8) is 0 Å². The van der Waals surface area contributed by atoms with Crippen LogP contribution in [0.25, 0.3) is 0 Å². The SMILES string of the molecule is COP(=O)(NC[N+](C)(C)O)OC. The Morgan fingerprint density at radius 2 is 1.83 bits per heavy atom. The zero-order valence-electron chi connectivity index (χ0n) is 7.77. The lowest BCUT2D eigenvalue weighted by Gasteiger charge is -2.22. The molecule has 0 aromatic carbocycles. The van der Waals surface area contributed by atoms with Crippen LogP contribution in [0.1, 0.15) is 0 Å². The molecule has 0 rings (SSSR count). The van der Waals surface area contributed by atoms with Gasteiger partial charge >= 0.3 is 7.75 Å². The molecule has 0 unspecified atom stereocenters. The lowest BCUT2D eigenvalue weighted by atomic mass is 10.9. The van der Waals surface area contributed by atoms with E-state index in [2.05, 4.69) is 14.1 Å². The van der Waals surface area contributed by atoms with Crippen molar-refractivity contribution in [1.82, 2.24) is 5.09 Å². The molecular weight excluding hydrogens is 183 g/mol. The minimum Gasteiger partial charge on any atom is -0.300 e. The van der Waals surface area contributed by atoms with Gasteiger partial charge < -0.3 is 9.05 Å². The third-order valence-corrected chi connectivity index (χ3v) is 2.62. The highest BCUT2D eigenvalue weighted by Gasteiger charge is 2.24. The van der Waals surface area contributed by atoms with E-state index in [9.17, 15) is 9.77 Å². The lowest BCUT2D eigenvalue weighted by Crippen LogP contribution is -2.42. The lowest BCUT2D eigenvalue weighted by molar-refractivity contribution is -1.07. The van der Waals surface area contributed by atoms with Crippen LogP contribution in [0.3, 0.4) is 0 Å². The summed E-state index contributed by atoms with van der Waals surface area (Å²) in [6, 6.07) is 0. The Morgan fingerprint density at radius 1 is 1.42 bits per heavy atom. The second-order valence-electron chi connectivity index (χ2n) is 2.80. The Kier molecular flexibility index (Phi) is 4.33. The molecule has 74 valence electrons. The van der Waals surface area contributed by atoms with Gasteiger partial charge in [-0.1, -0.05) is 0 Å². The van der Waals surface area contributed by atoms with E-state index < -0.39 is 7.75 Å². The summed E-state index contributed by atoms with van der Waals surface area (Å²) in [5.41, 5.74) is 0. The fourth-order valence-electron chi connectivity index (χ4n) is 0.463. The van der Waals surface area contributed by atoms with E-state index in [1.807, 2.05) is 0 Å². The largest absolute Gasteiger partial charge is 0.409 e. The van der Waals surface area contributed by atoms with Crippen molar-refractivity contribution < 1.29 is 23.5 Å². The molecule has 0 aromatic heterocycles. The van der Waals surface area contributed by atoms with Crippen molar-refractivity contribution in [2.24, 2.45) is 0 Å². The van der Waals surface area contributed by atoms with Gasteiger partial charge in [0.05, 0.1) is 14.1 Å². The number of hydrogen-bond acceptors (Lipinski definition) is 4. The number of hydrogen-bond donors (Lipinski definition) is 2. The maximum atomic E-state index is 11.3. The van der Waals surface area contributed by atoms with Crippen LogP contribution in [-0.2, 0) is 13.6 Å². The number of nitrogens with zero attached hydrogens (tertiary/aromatic N) is 1. The highest BCUT2D eigenvalue weighted by atomic mass is 31.2. The van der Waals surface area contributed by atoms with Crippen molar-refractivity contribution in [2.75, 3.05) is 35.0 Å². The number of rotatable bonds is 5. The van der Waals surface area contributed by atoms with Crippen LogP contribution in [0.15, 0.2) is 0 Å². The first-order valence-corrected chi connectivity index (χ1v) is 4.89. The minimum atomic E-state index is -3.20. The summed E-state index contributed by atoms with van der Waals surface area (Å²) in [5.74, 6) is 0. The van der Waals surface area contributed by atoms with Gasteiger partial charge in [-0.15, -0.1) is 0 Å². The van der Waals surface area contributed by atoms with Crippen LogP contribution in [-0.4, -0.2) is 44.8 Å². The number of quaternary nitrogens is 1. The van der Waals surface area contributed by atoms with E-state index in [-0.39, 0.29) is 11.3 Å². The number of nitrogens with one attached hydrogen (secondary N) is 1. The van der Waals surface area contributed by atoms with Crippen LogP contribution < -0.4 is 5.09 Å². The van der Waals surface area contributed by atoms with E-state index in [0.29, 0.717) is 0 Å². The number of hydroxylamine groups is 3. The van der Waals surface area contributed by atoms with Crippen LogP contribution >= 0.6 is 7.75 Å². The Balaban J connectivity index is 3.99. The maximum absolute atomic E-state index is 11.3. The smallest absolute Gasteiger partial charge is 0.300 e. The predicted molar refractivity (Wildman–Crippen MR) is 43.5 cm³/mol. The Hall–Kier alpha value is 0.0300. The second kappa shape index (κ2) is 4.32. The van der Waals surface area contributed by atoms with Crippen LogP contribution in [0, 0.1) is 0 Å². The van der Waals surface area contributed by atoms with Crippen molar-refractivity contribution in [2.45, 2.75) is 0 Å². The van der Waals surface area contributed by atoms with Crippen molar-refractivity contribution in [3.8, 4) is 0 Å². The quantitative estimate of drug-likeness (QED) is 0.290. The molecule has 0 saturated carbocycles. The van der Waals surface area contributed by atoms with E-state index in [1.165, 1.54) is 28.3 Å². The van der Waals surface area contributed by atoms with Crippen LogP contribution in [0.5, 0.6) is 0 Å². The van der Waals surface area contributed by atoms with Gasteiger partial charge in [0.1, 0.15) is 0 Å². The zero-order chi connectivity index (χ0) is 9.83. The highest BCUT2D eigenvalue weighted by molar-refractivity contribution is 7.51. The first kappa shape index (κ1) is 12.0. The maximum Gasteiger partial charge on any atom is 0.409 e. The standard InChI is InChI=1S/C5H16N2O4P/c1-7(2,8)5-6-12(9,10-3)11-4/h8H,5H2,1-4H3,(H,6,9)/q+1. The van der Waals surface area contributed by atoms with Gasteiger partial charge in [0, 0.05) is 14.2 Å². The average molecular weight is 199 g/mol. The summed E-state index contributed by atoms with van der Waals surface area (Å²) < 4.78 is 20.1. The topological polar surface area (TPSA) is 67.8 Å². The Labute approximate surface area is 72.2 Å². The van der Waals surface area contributed by atoms with E-state index in [1.54, 1.807) is 0 Å². The van der Waals surface area contributed by atoms with Gasteiger partial charge in [0.2, 0.25) is 0 Å². The first-order valence-electron chi connectivity index (χ1n) is 3.35. The third-order valence-electron chi connectivity index (χ3n) is 1.13. The summed E-state index contributed by atoms with van der Waals surface area (Å²) >= 11 is 0. The van der Waals surface area contributed by atoms with E-state index in [0.717, 1.165) is 0 Å². The van der Waals surface area contributed by atoms with Crippen LogP contribution in [0.2, 0.25) is 0 Å². The molecule has 0 fully saturated rings. The fraction of sp³-hybridized carbons (Fsp3) is 1.00. The molecule has 12 heavy (non-hydrogen) atoms. The zero-order valence-corrected chi connectivity index (χ0v) is 8.67. The average Bonchev–Trinajstić information content (AvgIpc) is 1.99. The van der Waals surface area contributed by atoms with Gasteiger partial charge in [0.15, 0.2) is 6.67 Å². The summed E-state index contributed by atoms with van der Waals surface area (Å²) in [6.07, 6.45) is 0. The van der Waals surface area contributed by atoms with Gasteiger partial charge in [-0.2, -0.15) is 9.73 Å². The summed E-state index contributed by atoms with van der Waals surface area (Å²) in [6.45, 7) is 0.0823. The molecular formula is C5H16N2O4P+. The highest BCUT2D eigenvalue weighted by Crippen LogP contribution is 2.41. The molecule has 2 N–H and O–H groups in total. The Morgan fingerprint density at radius 3 is 2.08 bits per heavy atom. The van der Waals surface area contributed by atoms with Crippen LogP contribution in [0.4, 0.5) is 0 Å². The monoisotopic (exact) mass is 199 g/mol. The van der Waals surface area contributed by atoms with Crippen molar-refractivity contribution in [1.29, 1.82) is 0 Å². The molecule has 0 aliphatic carbocycles. The third kappa shape index (κ3) is 4.82. The molecule has 0 aromatic rings. The van der Waals surface area contributed by atoms with Gasteiger partial charge in [0.25, 0.3) is 0 Å². The normalized spacial score (nSPS) is 13.4. The first-order chi connectivity index (χ1) is 5.33. The van der Waals surface area contributed by atoms with Crippen molar-refractivity contribution >= 4 is 7.75 Å². The molecule has 0 aliphatic rings. The molecule has 7 heteroatoms. The molecule has 0 spiro atoms. The Bertz CT molecular complexity index is 171. The molecule has 0 bridgehead atoms. The van der Waals surface area contributed by atoms with E-state index in [4.69, 9.17) is 0 Å². The molecule has 0 radical (unpaired) electrons. The molecule has 0 amide bonds. The van der Waals surface area contributed by atoms with Gasteiger partial charge in [-0.25, -0.2) is 9.77 Å². The summed E-state index contributed by atoms with van der Waals surface area (Å²) in [7, 11) is 2.40. The summed E-state index contributed by atoms with van der Waals surface area (Å²) in [5, 5.41) is 11.7. The molecule has 0 saturated heterocycles. The molecule has 0 heterocycles.